The molecule has 0 bridgehead atoms. The van der Waals surface area contributed by atoms with E-state index in [1.54, 1.807) is 23.1 Å². The Morgan fingerprint density at radius 2 is 1.72 bits per heavy atom. The molecule has 1 N–H and O–H groups in total. The van der Waals surface area contributed by atoms with Crippen LogP contribution in [0, 0.1) is 16.0 Å². The Morgan fingerprint density at radius 1 is 1.07 bits per heavy atom. The molecule has 2 amide bonds. The van der Waals surface area contributed by atoms with Gasteiger partial charge in [-0.3, -0.25) is 19.7 Å². The number of rotatable bonds is 6. The number of nitro benzene ring substituents is 1. The molecular weight excluding hydrogens is 370 g/mol. The van der Waals surface area contributed by atoms with E-state index < -0.39 is 4.92 Å². The summed E-state index contributed by atoms with van der Waals surface area (Å²) in [4.78, 5) is 36.7. The molecule has 150 valence electrons. The zero-order valence-corrected chi connectivity index (χ0v) is 16.0. The predicted octanol–water partition coefficient (Wildman–Crippen LogP) is 3.16. The average Bonchev–Trinajstić information content (AvgIpc) is 2.77. The zero-order chi connectivity index (χ0) is 20.6. The molecule has 0 unspecified atom stereocenters. The first-order valence-corrected chi connectivity index (χ1v) is 9.56. The van der Waals surface area contributed by atoms with E-state index in [1.165, 1.54) is 18.2 Å². The summed E-state index contributed by atoms with van der Waals surface area (Å²) in [6, 6.07) is 15.8. The van der Waals surface area contributed by atoms with E-state index in [0.717, 1.165) is 11.1 Å². The highest BCUT2D eigenvalue weighted by Crippen LogP contribution is 2.18. The monoisotopic (exact) mass is 393 g/mol. The summed E-state index contributed by atoms with van der Waals surface area (Å²) in [5, 5.41) is 13.6. The number of piperidine rings is 1. The van der Waals surface area contributed by atoms with Crippen LogP contribution in [-0.2, 0) is 16.1 Å². The lowest BCUT2D eigenvalue weighted by atomic mass is 9.95. The number of nitrogens with zero attached hydrogens (tertiary/aromatic N) is 2. The van der Waals surface area contributed by atoms with Gasteiger partial charge in [-0.1, -0.05) is 30.3 Å². The van der Waals surface area contributed by atoms with Crippen LogP contribution in [0.2, 0.25) is 0 Å². The van der Waals surface area contributed by atoms with Gasteiger partial charge in [0, 0.05) is 43.8 Å². The number of amides is 2. The van der Waals surface area contributed by atoms with Crippen molar-refractivity contribution in [3.63, 3.8) is 0 Å². The second-order valence-corrected chi connectivity index (χ2v) is 6.98. The summed E-state index contributed by atoms with van der Waals surface area (Å²) in [5.41, 5.74) is 1.80. The Bertz CT molecular complexity index is 886. The van der Waals surface area contributed by atoms with Gasteiger partial charge in [-0.15, -0.1) is 0 Å². The minimum atomic E-state index is -0.460. The SMILES string of the molecule is O=C(NCc1ccccc1)C1CCN(C(=O)C=Cc2ccc([N+](=O)[O-])cc2)CC1. The number of likely N-dealkylation sites (tertiary alicyclic amines) is 1. The van der Waals surface area contributed by atoms with Crippen molar-refractivity contribution in [2.24, 2.45) is 5.92 Å². The van der Waals surface area contributed by atoms with Gasteiger partial charge >= 0.3 is 0 Å². The van der Waals surface area contributed by atoms with Crippen molar-refractivity contribution in [3.8, 4) is 0 Å². The topological polar surface area (TPSA) is 92.6 Å². The van der Waals surface area contributed by atoms with Gasteiger partial charge in [0.2, 0.25) is 11.8 Å². The lowest BCUT2D eigenvalue weighted by Gasteiger charge is -2.30. The first-order chi connectivity index (χ1) is 14.0. The van der Waals surface area contributed by atoms with E-state index >= 15 is 0 Å². The van der Waals surface area contributed by atoms with Crippen LogP contribution in [-0.4, -0.2) is 34.7 Å². The zero-order valence-electron chi connectivity index (χ0n) is 16.0. The quantitative estimate of drug-likeness (QED) is 0.463. The largest absolute Gasteiger partial charge is 0.352 e. The third-order valence-electron chi connectivity index (χ3n) is 5.01. The highest BCUT2D eigenvalue weighted by atomic mass is 16.6. The van der Waals surface area contributed by atoms with Crippen LogP contribution >= 0.6 is 0 Å². The molecule has 0 spiro atoms. The molecule has 0 aromatic heterocycles. The van der Waals surface area contributed by atoms with E-state index in [9.17, 15) is 19.7 Å². The maximum atomic E-state index is 12.4. The van der Waals surface area contributed by atoms with Gasteiger partial charge in [0.05, 0.1) is 4.92 Å². The Labute approximate surface area is 169 Å². The number of carbonyl (C=O) groups is 2. The molecule has 0 saturated carbocycles. The molecule has 29 heavy (non-hydrogen) atoms. The van der Waals surface area contributed by atoms with Crippen LogP contribution in [0.4, 0.5) is 5.69 Å². The Hall–Kier alpha value is -3.48. The minimum absolute atomic E-state index is 0.0149. The molecule has 3 rings (SSSR count). The third-order valence-corrected chi connectivity index (χ3v) is 5.01. The molecular formula is C22H23N3O4. The fourth-order valence-electron chi connectivity index (χ4n) is 3.27. The van der Waals surface area contributed by atoms with Crippen LogP contribution in [0.5, 0.6) is 0 Å². The Morgan fingerprint density at radius 3 is 2.34 bits per heavy atom. The molecule has 7 heteroatoms. The smallest absolute Gasteiger partial charge is 0.269 e. The van der Waals surface area contributed by atoms with E-state index in [-0.39, 0.29) is 23.4 Å². The van der Waals surface area contributed by atoms with Gasteiger partial charge in [0.1, 0.15) is 0 Å². The maximum absolute atomic E-state index is 12.4. The number of carbonyl (C=O) groups excluding carboxylic acids is 2. The fourth-order valence-corrected chi connectivity index (χ4v) is 3.27. The van der Waals surface area contributed by atoms with Gasteiger partial charge in [-0.05, 0) is 42.2 Å². The van der Waals surface area contributed by atoms with Gasteiger partial charge < -0.3 is 10.2 Å². The molecule has 1 fully saturated rings. The highest BCUT2D eigenvalue weighted by Gasteiger charge is 2.26. The van der Waals surface area contributed by atoms with Crippen LogP contribution in [0.3, 0.4) is 0 Å². The first-order valence-electron chi connectivity index (χ1n) is 9.56. The Balaban J connectivity index is 1.45. The Kier molecular flexibility index (Phi) is 6.73. The van der Waals surface area contributed by atoms with Gasteiger partial charge in [-0.25, -0.2) is 0 Å². The van der Waals surface area contributed by atoms with E-state index in [4.69, 9.17) is 0 Å². The van der Waals surface area contributed by atoms with Crippen molar-refractivity contribution in [3.05, 3.63) is 81.9 Å². The van der Waals surface area contributed by atoms with Crippen LogP contribution in [0.15, 0.2) is 60.7 Å². The predicted molar refractivity (Wildman–Crippen MR) is 110 cm³/mol. The molecule has 0 atom stereocenters. The van der Waals surface area contributed by atoms with Crippen LogP contribution in [0.25, 0.3) is 6.08 Å². The molecule has 0 aliphatic carbocycles. The van der Waals surface area contributed by atoms with E-state index in [0.29, 0.717) is 32.5 Å². The van der Waals surface area contributed by atoms with Crippen molar-refractivity contribution < 1.29 is 14.5 Å². The molecule has 7 nitrogen and oxygen atoms in total. The molecule has 2 aromatic carbocycles. The number of hydrogen-bond donors (Lipinski definition) is 1. The van der Waals surface area contributed by atoms with Gasteiger partial charge in [-0.2, -0.15) is 0 Å². The minimum Gasteiger partial charge on any atom is -0.352 e. The van der Waals surface area contributed by atoms with Crippen LogP contribution < -0.4 is 5.32 Å². The molecule has 1 heterocycles. The van der Waals surface area contributed by atoms with Gasteiger partial charge in [0.15, 0.2) is 0 Å². The standard InChI is InChI=1S/C22H23N3O4/c26-21(11-8-17-6-9-20(10-7-17)25(28)29)24-14-12-19(13-15-24)22(27)23-16-18-4-2-1-3-5-18/h1-11,19H,12-16H2,(H,23,27). The lowest BCUT2D eigenvalue weighted by molar-refractivity contribution is -0.384. The number of hydrogen-bond acceptors (Lipinski definition) is 4. The normalized spacial score (nSPS) is 14.7. The van der Waals surface area contributed by atoms with Crippen molar-refractivity contribution in [2.75, 3.05) is 13.1 Å². The first kappa shape index (κ1) is 20.3. The second-order valence-electron chi connectivity index (χ2n) is 6.98. The number of non-ortho nitro benzene ring substituents is 1. The number of nitro groups is 1. The summed E-state index contributed by atoms with van der Waals surface area (Å²) in [6.07, 6.45) is 4.39. The molecule has 2 aromatic rings. The summed E-state index contributed by atoms with van der Waals surface area (Å²) in [5.74, 6) is -0.171. The number of benzene rings is 2. The molecule has 0 radical (unpaired) electrons. The maximum Gasteiger partial charge on any atom is 0.269 e. The average molecular weight is 393 g/mol. The summed E-state index contributed by atoms with van der Waals surface area (Å²) in [7, 11) is 0. The van der Waals surface area contributed by atoms with Crippen molar-refractivity contribution in [1.82, 2.24) is 10.2 Å². The van der Waals surface area contributed by atoms with Crippen molar-refractivity contribution in [2.45, 2.75) is 19.4 Å². The fraction of sp³-hybridized carbons (Fsp3) is 0.273. The van der Waals surface area contributed by atoms with Crippen LogP contribution in [0.1, 0.15) is 24.0 Å². The van der Waals surface area contributed by atoms with Crippen molar-refractivity contribution in [1.29, 1.82) is 0 Å². The highest BCUT2D eigenvalue weighted by molar-refractivity contribution is 5.92. The molecule has 1 saturated heterocycles. The molecule has 1 aliphatic heterocycles. The van der Waals surface area contributed by atoms with Crippen molar-refractivity contribution >= 4 is 23.6 Å². The number of nitrogens with one attached hydrogen (secondary N) is 1. The summed E-state index contributed by atoms with van der Waals surface area (Å²) in [6.45, 7) is 1.58. The summed E-state index contributed by atoms with van der Waals surface area (Å²) < 4.78 is 0. The third kappa shape index (κ3) is 5.75. The molecule has 1 aliphatic rings. The van der Waals surface area contributed by atoms with Gasteiger partial charge in [0.25, 0.3) is 5.69 Å². The van der Waals surface area contributed by atoms with E-state index in [2.05, 4.69) is 5.32 Å². The van der Waals surface area contributed by atoms with E-state index in [1.807, 2.05) is 30.3 Å². The second kappa shape index (κ2) is 9.64. The summed E-state index contributed by atoms with van der Waals surface area (Å²) >= 11 is 0. The lowest BCUT2D eigenvalue weighted by Crippen LogP contribution is -2.42.